The van der Waals surface area contributed by atoms with Crippen LogP contribution < -0.4 is 4.74 Å². The number of aryl methyl sites for hydroxylation is 1. The standard InChI is InChI=1S/C25H21NO4S/c1-3-28-24(27)13-18-4-5-19(23-7-6-21(14-26)31-23)12-22(18)30-15-17-10-16(2)25-20(11-17)8-9-29-25/h4-12H,3,13,15H2,1-2H3. The van der Waals surface area contributed by atoms with Gasteiger partial charge >= 0.3 is 5.97 Å². The summed E-state index contributed by atoms with van der Waals surface area (Å²) in [6.45, 7) is 4.49. The van der Waals surface area contributed by atoms with Crippen LogP contribution in [0.25, 0.3) is 21.4 Å². The van der Waals surface area contributed by atoms with Crippen molar-refractivity contribution in [2.45, 2.75) is 26.9 Å². The van der Waals surface area contributed by atoms with Gasteiger partial charge in [0.15, 0.2) is 0 Å². The molecule has 0 N–H and O–H groups in total. The molecule has 0 fully saturated rings. The largest absolute Gasteiger partial charge is 0.489 e. The van der Waals surface area contributed by atoms with Crippen molar-refractivity contribution in [3.05, 3.63) is 76.4 Å². The highest BCUT2D eigenvalue weighted by Crippen LogP contribution is 2.33. The van der Waals surface area contributed by atoms with Gasteiger partial charge in [-0.05, 0) is 66.9 Å². The van der Waals surface area contributed by atoms with Crippen LogP contribution in [0.3, 0.4) is 0 Å². The Morgan fingerprint density at radius 2 is 2.03 bits per heavy atom. The fourth-order valence-corrected chi connectivity index (χ4v) is 4.29. The molecule has 4 rings (SSSR count). The average Bonchev–Trinajstić information content (AvgIpc) is 3.43. The lowest BCUT2D eigenvalue weighted by Gasteiger charge is -2.13. The maximum atomic E-state index is 12.1. The average molecular weight is 432 g/mol. The van der Waals surface area contributed by atoms with Gasteiger partial charge in [-0.2, -0.15) is 5.26 Å². The van der Waals surface area contributed by atoms with Crippen LogP contribution in [0.5, 0.6) is 5.75 Å². The van der Waals surface area contributed by atoms with Crippen LogP contribution in [-0.2, 0) is 22.6 Å². The maximum absolute atomic E-state index is 12.1. The first-order valence-electron chi connectivity index (χ1n) is 9.95. The fraction of sp³-hybridized carbons (Fsp3) is 0.200. The van der Waals surface area contributed by atoms with E-state index in [-0.39, 0.29) is 12.4 Å². The Hall–Kier alpha value is -3.56. The maximum Gasteiger partial charge on any atom is 0.310 e. The molecule has 0 spiro atoms. The van der Waals surface area contributed by atoms with Crippen molar-refractivity contribution in [1.82, 2.24) is 0 Å². The minimum absolute atomic E-state index is 0.136. The number of ether oxygens (including phenoxy) is 2. The molecule has 0 radical (unpaired) electrons. The van der Waals surface area contributed by atoms with E-state index < -0.39 is 0 Å². The van der Waals surface area contributed by atoms with E-state index in [0.717, 1.165) is 38.1 Å². The van der Waals surface area contributed by atoms with Gasteiger partial charge in [-0.15, -0.1) is 11.3 Å². The number of nitrogens with zero attached hydrogens (tertiary/aromatic N) is 1. The van der Waals surface area contributed by atoms with Crippen molar-refractivity contribution in [2.75, 3.05) is 6.61 Å². The molecule has 0 saturated heterocycles. The highest BCUT2D eigenvalue weighted by atomic mass is 32.1. The van der Waals surface area contributed by atoms with Gasteiger partial charge in [-0.1, -0.05) is 12.1 Å². The minimum atomic E-state index is -0.293. The molecule has 156 valence electrons. The van der Waals surface area contributed by atoms with Crippen LogP contribution >= 0.6 is 11.3 Å². The number of hydrogen-bond donors (Lipinski definition) is 0. The molecule has 2 heterocycles. The molecule has 0 amide bonds. The van der Waals surface area contributed by atoms with Gasteiger partial charge in [0.05, 0.1) is 19.3 Å². The summed E-state index contributed by atoms with van der Waals surface area (Å²) < 4.78 is 16.8. The summed E-state index contributed by atoms with van der Waals surface area (Å²) in [6.07, 6.45) is 1.82. The number of nitriles is 1. The van der Waals surface area contributed by atoms with Gasteiger partial charge in [-0.25, -0.2) is 0 Å². The topological polar surface area (TPSA) is 72.5 Å². The van der Waals surface area contributed by atoms with E-state index in [9.17, 15) is 4.79 Å². The Labute approximate surface area is 184 Å². The highest BCUT2D eigenvalue weighted by molar-refractivity contribution is 7.16. The van der Waals surface area contributed by atoms with E-state index in [1.807, 2.05) is 49.4 Å². The van der Waals surface area contributed by atoms with Crippen LogP contribution in [0.4, 0.5) is 0 Å². The smallest absolute Gasteiger partial charge is 0.310 e. The number of hydrogen-bond acceptors (Lipinski definition) is 6. The number of rotatable bonds is 7. The molecule has 0 bridgehead atoms. The number of furan rings is 1. The molecule has 2 aromatic carbocycles. The summed E-state index contributed by atoms with van der Waals surface area (Å²) in [5, 5.41) is 10.1. The lowest BCUT2D eigenvalue weighted by atomic mass is 10.1. The summed E-state index contributed by atoms with van der Waals surface area (Å²) in [4.78, 5) is 13.7. The Balaban J connectivity index is 1.63. The predicted octanol–water partition coefficient (Wildman–Crippen LogP) is 6.03. The van der Waals surface area contributed by atoms with E-state index in [4.69, 9.17) is 19.2 Å². The molecule has 0 unspecified atom stereocenters. The van der Waals surface area contributed by atoms with Gasteiger partial charge in [0.2, 0.25) is 0 Å². The molecule has 0 atom stereocenters. The Morgan fingerprint density at radius 3 is 2.81 bits per heavy atom. The van der Waals surface area contributed by atoms with E-state index in [1.54, 1.807) is 19.3 Å². The van der Waals surface area contributed by atoms with E-state index >= 15 is 0 Å². The molecular weight excluding hydrogens is 410 g/mol. The molecule has 0 aliphatic carbocycles. The monoisotopic (exact) mass is 431 g/mol. The van der Waals surface area contributed by atoms with Crippen molar-refractivity contribution in [1.29, 1.82) is 5.26 Å². The molecular formula is C25H21NO4S. The third-order valence-electron chi connectivity index (χ3n) is 4.90. The zero-order chi connectivity index (χ0) is 21.8. The van der Waals surface area contributed by atoms with Crippen molar-refractivity contribution in [3.63, 3.8) is 0 Å². The summed E-state index contributed by atoms with van der Waals surface area (Å²) in [7, 11) is 0. The van der Waals surface area contributed by atoms with E-state index in [2.05, 4.69) is 6.07 Å². The van der Waals surface area contributed by atoms with Gasteiger partial charge in [-0.3, -0.25) is 4.79 Å². The minimum Gasteiger partial charge on any atom is -0.489 e. The van der Waals surface area contributed by atoms with Gasteiger partial charge in [0.25, 0.3) is 0 Å². The molecule has 0 aliphatic heterocycles. The zero-order valence-corrected chi connectivity index (χ0v) is 18.1. The van der Waals surface area contributed by atoms with Gasteiger partial charge in [0, 0.05) is 15.8 Å². The molecule has 2 aromatic heterocycles. The third-order valence-corrected chi connectivity index (χ3v) is 5.94. The quantitative estimate of drug-likeness (QED) is 0.334. The summed E-state index contributed by atoms with van der Waals surface area (Å²) in [5.41, 5.74) is 4.64. The SMILES string of the molecule is CCOC(=O)Cc1ccc(-c2ccc(C#N)s2)cc1OCc1cc(C)c2occc2c1. The van der Waals surface area contributed by atoms with Crippen LogP contribution in [0.1, 0.15) is 28.5 Å². The first kappa shape index (κ1) is 20.7. The lowest BCUT2D eigenvalue weighted by Crippen LogP contribution is -2.09. The first-order chi connectivity index (χ1) is 15.1. The van der Waals surface area contributed by atoms with Crippen molar-refractivity contribution < 1.29 is 18.7 Å². The van der Waals surface area contributed by atoms with Crippen molar-refractivity contribution in [3.8, 4) is 22.3 Å². The number of benzene rings is 2. The van der Waals surface area contributed by atoms with E-state index in [0.29, 0.717) is 23.8 Å². The molecule has 5 nitrogen and oxygen atoms in total. The summed E-state index contributed by atoms with van der Waals surface area (Å²) in [6, 6.07) is 17.7. The Morgan fingerprint density at radius 1 is 1.16 bits per heavy atom. The number of carbonyl (C=O) groups is 1. The molecule has 0 saturated carbocycles. The number of esters is 1. The van der Waals surface area contributed by atoms with Gasteiger partial charge in [0.1, 0.15) is 28.9 Å². The third kappa shape index (κ3) is 4.62. The van der Waals surface area contributed by atoms with Crippen molar-refractivity contribution in [2.24, 2.45) is 0 Å². The predicted molar refractivity (Wildman–Crippen MR) is 120 cm³/mol. The Kier molecular flexibility index (Phi) is 6.06. The fourth-order valence-electron chi connectivity index (χ4n) is 3.49. The number of carbonyl (C=O) groups excluding carboxylic acids is 1. The Bertz CT molecular complexity index is 1280. The molecule has 4 aromatic rings. The molecule has 0 aliphatic rings. The first-order valence-corrected chi connectivity index (χ1v) is 10.8. The lowest BCUT2D eigenvalue weighted by molar-refractivity contribution is -0.142. The van der Waals surface area contributed by atoms with Crippen LogP contribution in [-0.4, -0.2) is 12.6 Å². The van der Waals surface area contributed by atoms with Crippen molar-refractivity contribution >= 4 is 28.3 Å². The summed E-state index contributed by atoms with van der Waals surface area (Å²) >= 11 is 1.42. The molecule has 31 heavy (non-hydrogen) atoms. The molecule has 6 heteroatoms. The van der Waals surface area contributed by atoms with Gasteiger partial charge < -0.3 is 13.9 Å². The zero-order valence-electron chi connectivity index (χ0n) is 17.3. The van der Waals surface area contributed by atoms with E-state index in [1.165, 1.54) is 11.3 Å². The van der Waals surface area contributed by atoms with Crippen LogP contribution in [0.15, 0.2) is 59.2 Å². The highest BCUT2D eigenvalue weighted by Gasteiger charge is 2.14. The second-order valence-electron chi connectivity index (χ2n) is 7.12. The second-order valence-corrected chi connectivity index (χ2v) is 8.20. The summed E-state index contributed by atoms with van der Waals surface area (Å²) in [5.74, 6) is 0.334. The van der Waals surface area contributed by atoms with Crippen LogP contribution in [0, 0.1) is 18.3 Å². The van der Waals surface area contributed by atoms with Crippen LogP contribution in [0.2, 0.25) is 0 Å². The number of fused-ring (bicyclic) bond motifs is 1. The number of thiophene rings is 1. The normalized spacial score (nSPS) is 10.7. The second kappa shape index (κ2) is 9.07.